The van der Waals surface area contributed by atoms with Crippen molar-refractivity contribution >= 4 is 52.6 Å². The smallest absolute Gasteiger partial charge is 0.330 e. The molecule has 12 nitrogen and oxygen atoms in total. The number of halogens is 1. The lowest BCUT2D eigenvalue weighted by Crippen LogP contribution is -2.46. The molecule has 4 N–H and O–H groups in total. The van der Waals surface area contributed by atoms with Crippen LogP contribution < -0.4 is 25.6 Å². The monoisotopic (exact) mass is 631 g/mol. The molecular formula is C32H34ClN7O5. The number of rotatable bonds is 8. The molecule has 0 aliphatic carbocycles. The van der Waals surface area contributed by atoms with Crippen LogP contribution >= 0.6 is 11.6 Å². The summed E-state index contributed by atoms with van der Waals surface area (Å²) in [7, 11) is 5.62. The minimum atomic E-state index is -0.833. The lowest BCUT2D eigenvalue weighted by Gasteiger charge is -2.34. The summed E-state index contributed by atoms with van der Waals surface area (Å²) in [6, 6.07) is 19.9. The van der Waals surface area contributed by atoms with Crippen LogP contribution in [0.2, 0.25) is 5.02 Å². The molecule has 1 aliphatic rings. The Kier molecular flexibility index (Phi) is 10.6. The molecule has 234 valence electrons. The van der Waals surface area contributed by atoms with Crippen LogP contribution in [-0.4, -0.2) is 72.2 Å². The molecule has 13 heteroatoms. The number of carbonyl (C=O) groups excluding carboxylic acids is 2. The third kappa shape index (κ3) is 8.46. The topological polar surface area (TPSA) is 154 Å². The molecule has 1 aromatic heterocycles. The molecule has 45 heavy (non-hydrogen) atoms. The maximum atomic E-state index is 13.2. The van der Waals surface area contributed by atoms with Crippen molar-refractivity contribution in [2.24, 2.45) is 0 Å². The Morgan fingerprint density at radius 2 is 1.80 bits per heavy atom. The Bertz CT molecular complexity index is 1690. The number of fused-ring (bicyclic) bond motifs is 1. The van der Waals surface area contributed by atoms with Crippen molar-refractivity contribution in [3.05, 3.63) is 89.1 Å². The van der Waals surface area contributed by atoms with Crippen molar-refractivity contribution in [3.63, 3.8) is 0 Å². The summed E-state index contributed by atoms with van der Waals surface area (Å²) in [6.45, 7) is 2.72. The van der Waals surface area contributed by atoms with E-state index in [2.05, 4.69) is 20.2 Å². The molecular weight excluding hydrogens is 598 g/mol. The number of anilines is 4. The predicted octanol–water partition coefficient (Wildman–Crippen LogP) is 5.24. The van der Waals surface area contributed by atoms with Gasteiger partial charge in [0.1, 0.15) is 18.2 Å². The number of carbonyl (C=O) groups is 3. The molecule has 0 saturated carbocycles. The van der Waals surface area contributed by atoms with Gasteiger partial charge >= 0.3 is 6.03 Å². The van der Waals surface area contributed by atoms with Crippen molar-refractivity contribution in [3.8, 4) is 16.9 Å². The standard InChI is InChI=1S/C30H30ClN7O3.C2H4O2/c1-36(2)13-14-41-24-6-4-5-21(15-24)19-7-9-20(10-8-19)28(39)34-23-11-12-25(31)26(16-23)38-18-22-17-33-29(32)35-27(22)37(3)30(38)40;1-2(3)4/h4-12,15-17H,13-14,18H2,1-3H3,(H,34,39)(H2,32,33,35);1H3,(H,3,4). The van der Waals surface area contributed by atoms with E-state index in [4.69, 9.17) is 32.0 Å². The zero-order valence-corrected chi connectivity index (χ0v) is 26.1. The van der Waals surface area contributed by atoms with Crippen molar-refractivity contribution in [2.75, 3.05) is 55.1 Å². The number of ether oxygens (including phenoxy) is 1. The maximum Gasteiger partial charge on any atom is 0.330 e. The molecule has 3 amide bonds. The first kappa shape index (κ1) is 32.7. The number of nitrogens with zero attached hydrogens (tertiary/aromatic N) is 5. The molecule has 0 atom stereocenters. The number of hydrogen-bond acceptors (Lipinski definition) is 8. The minimum Gasteiger partial charge on any atom is -0.492 e. The minimum absolute atomic E-state index is 0.0887. The fourth-order valence-corrected chi connectivity index (χ4v) is 4.66. The number of benzene rings is 3. The molecule has 0 fully saturated rings. The number of nitrogen functional groups attached to an aromatic ring is 1. The quantitative estimate of drug-likeness (QED) is 0.237. The van der Waals surface area contributed by atoms with Crippen molar-refractivity contribution in [1.29, 1.82) is 0 Å². The van der Waals surface area contributed by atoms with Crippen LogP contribution in [0.1, 0.15) is 22.8 Å². The Morgan fingerprint density at radius 1 is 1.09 bits per heavy atom. The molecule has 0 radical (unpaired) electrons. The molecule has 0 bridgehead atoms. The number of aromatic nitrogens is 2. The average molecular weight is 632 g/mol. The zero-order valence-electron chi connectivity index (χ0n) is 25.3. The number of aliphatic carboxylic acids is 1. The van der Waals surface area contributed by atoms with Gasteiger partial charge in [-0.3, -0.25) is 19.4 Å². The first-order chi connectivity index (χ1) is 21.4. The third-order valence-corrected chi connectivity index (χ3v) is 6.96. The second-order valence-electron chi connectivity index (χ2n) is 10.4. The maximum absolute atomic E-state index is 13.2. The summed E-state index contributed by atoms with van der Waals surface area (Å²) in [5.41, 5.74) is 9.81. The van der Waals surface area contributed by atoms with E-state index in [1.165, 1.54) is 9.80 Å². The average Bonchev–Trinajstić information content (AvgIpc) is 3.00. The van der Waals surface area contributed by atoms with E-state index in [0.29, 0.717) is 34.4 Å². The van der Waals surface area contributed by atoms with Crippen molar-refractivity contribution in [1.82, 2.24) is 14.9 Å². The number of carboxylic acid groups (broad SMARTS) is 1. The molecule has 5 rings (SSSR count). The highest BCUT2D eigenvalue weighted by molar-refractivity contribution is 6.34. The SMILES string of the molecule is CC(=O)O.CN(C)CCOc1cccc(-c2ccc(C(=O)Nc3ccc(Cl)c(N4Cc5cnc(N)nc5N(C)C4=O)c3)cc2)c1. The van der Waals surface area contributed by atoms with Crippen LogP contribution in [0.3, 0.4) is 0 Å². The summed E-state index contributed by atoms with van der Waals surface area (Å²) in [5.74, 6) is 0.210. The van der Waals surface area contributed by atoms with Gasteiger partial charge in [0.15, 0.2) is 0 Å². The summed E-state index contributed by atoms with van der Waals surface area (Å²) in [4.78, 5) is 48.4. The molecule has 0 spiro atoms. The fraction of sp³-hybridized carbons (Fsp3) is 0.219. The molecule has 2 heterocycles. The van der Waals surface area contributed by atoms with Gasteiger partial charge in [0.05, 0.1) is 17.3 Å². The van der Waals surface area contributed by atoms with Gasteiger partial charge in [-0.1, -0.05) is 35.9 Å². The van der Waals surface area contributed by atoms with Crippen LogP contribution in [0.4, 0.5) is 27.9 Å². The first-order valence-corrected chi connectivity index (χ1v) is 14.3. The van der Waals surface area contributed by atoms with E-state index in [-0.39, 0.29) is 24.4 Å². The summed E-state index contributed by atoms with van der Waals surface area (Å²) in [5, 5.41) is 10.7. The Morgan fingerprint density at radius 3 is 2.49 bits per heavy atom. The lowest BCUT2D eigenvalue weighted by molar-refractivity contribution is -0.134. The fourth-order valence-electron chi connectivity index (χ4n) is 4.44. The number of urea groups is 1. The van der Waals surface area contributed by atoms with E-state index in [0.717, 1.165) is 35.9 Å². The largest absolute Gasteiger partial charge is 0.492 e. The number of hydrogen-bond donors (Lipinski definition) is 3. The van der Waals surface area contributed by atoms with Crippen molar-refractivity contribution in [2.45, 2.75) is 13.5 Å². The van der Waals surface area contributed by atoms with Gasteiger partial charge in [-0.2, -0.15) is 4.98 Å². The van der Waals surface area contributed by atoms with Gasteiger partial charge in [-0.05, 0) is 67.7 Å². The van der Waals surface area contributed by atoms with Crippen LogP contribution in [0.15, 0.2) is 72.9 Å². The normalized spacial score (nSPS) is 12.3. The van der Waals surface area contributed by atoms with Gasteiger partial charge in [0, 0.05) is 43.5 Å². The molecule has 1 aliphatic heterocycles. The number of amides is 3. The van der Waals surface area contributed by atoms with Crippen LogP contribution in [0.5, 0.6) is 5.75 Å². The van der Waals surface area contributed by atoms with E-state index in [1.54, 1.807) is 43.6 Å². The summed E-state index contributed by atoms with van der Waals surface area (Å²) >= 11 is 6.49. The number of carboxylic acids is 1. The highest BCUT2D eigenvalue weighted by Gasteiger charge is 2.31. The third-order valence-electron chi connectivity index (χ3n) is 6.64. The van der Waals surface area contributed by atoms with Crippen LogP contribution in [0.25, 0.3) is 11.1 Å². The second kappa shape index (κ2) is 14.5. The highest BCUT2D eigenvalue weighted by atomic mass is 35.5. The number of likely N-dealkylation sites (N-methyl/N-ethyl adjacent to an activating group) is 1. The van der Waals surface area contributed by atoms with Gasteiger partial charge in [0.2, 0.25) is 5.95 Å². The summed E-state index contributed by atoms with van der Waals surface area (Å²) in [6.07, 6.45) is 1.59. The lowest BCUT2D eigenvalue weighted by atomic mass is 10.0. The predicted molar refractivity (Wildman–Crippen MR) is 175 cm³/mol. The zero-order chi connectivity index (χ0) is 32.7. The Hall–Kier alpha value is -5.20. The van der Waals surface area contributed by atoms with E-state index >= 15 is 0 Å². The molecule has 4 aromatic rings. The van der Waals surface area contributed by atoms with E-state index in [9.17, 15) is 9.59 Å². The van der Waals surface area contributed by atoms with Gasteiger partial charge < -0.3 is 25.8 Å². The van der Waals surface area contributed by atoms with Gasteiger partial charge in [-0.25, -0.2) is 9.78 Å². The van der Waals surface area contributed by atoms with Crippen molar-refractivity contribution < 1.29 is 24.2 Å². The highest BCUT2D eigenvalue weighted by Crippen LogP contribution is 2.35. The first-order valence-electron chi connectivity index (χ1n) is 13.9. The Balaban J connectivity index is 0.00000109. The molecule has 0 saturated heterocycles. The molecule has 0 unspecified atom stereocenters. The number of nitrogens with one attached hydrogen (secondary N) is 1. The van der Waals surface area contributed by atoms with E-state index < -0.39 is 5.97 Å². The molecule has 3 aromatic carbocycles. The van der Waals surface area contributed by atoms with Crippen LogP contribution in [-0.2, 0) is 11.3 Å². The Labute approximate surface area is 266 Å². The van der Waals surface area contributed by atoms with E-state index in [1.807, 2.05) is 50.5 Å². The van der Waals surface area contributed by atoms with Gasteiger partial charge in [-0.15, -0.1) is 0 Å². The van der Waals surface area contributed by atoms with Crippen LogP contribution in [0, 0.1) is 0 Å². The number of nitrogens with two attached hydrogens (primary N) is 1. The van der Waals surface area contributed by atoms with Gasteiger partial charge in [0.25, 0.3) is 11.9 Å². The summed E-state index contributed by atoms with van der Waals surface area (Å²) < 4.78 is 5.85. The second-order valence-corrected chi connectivity index (χ2v) is 10.8.